The number of Topliss-reactive ketones (excluding diaryl/α,β-unsaturated/α-hetero) is 1. The molecule has 8 heteroatoms. The molecule has 0 saturated carbocycles. The predicted octanol–water partition coefficient (Wildman–Crippen LogP) is 3.38. The zero-order valence-corrected chi connectivity index (χ0v) is 19.8. The summed E-state index contributed by atoms with van der Waals surface area (Å²) in [6.07, 6.45) is 7.26. The van der Waals surface area contributed by atoms with Crippen LogP contribution < -0.4 is 4.90 Å². The summed E-state index contributed by atoms with van der Waals surface area (Å²) in [5.41, 5.74) is 3.50. The molecule has 0 spiro atoms. The first kappa shape index (κ1) is 22.2. The van der Waals surface area contributed by atoms with Crippen molar-refractivity contribution in [2.75, 3.05) is 31.1 Å². The van der Waals surface area contributed by atoms with Gasteiger partial charge in [0.1, 0.15) is 11.6 Å². The Hall–Kier alpha value is -3.65. The fourth-order valence-electron chi connectivity index (χ4n) is 4.42. The van der Waals surface area contributed by atoms with Gasteiger partial charge in [0, 0.05) is 68.2 Å². The molecule has 0 aliphatic carbocycles. The molecular formula is C26H29N7O. The van der Waals surface area contributed by atoms with Crippen molar-refractivity contribution in [3.05, 3.63) is 66.6 Å². The molecule has 1 aromatic carbocycles. The Morgan fingerprint density at radius 3 is 2.59 bits per heavy atom. The van der Waals surface area contributed by atoms with Crippen LogP contribution >= 0.6 is 0 Å². The number of aromatic nitrogens is 5. The first-order chi connectivity index (χ1) is 16.5. The van der Waals surface area contributed by atoms with E-state index in [2.05, 4.69) is 43.6 Å². The molecule has 0 N–H and O–H groups in total. The maximum Gasteiger partial charge on any atom is 0.170 e. The third-order valence-electron chi connectivity index (χ3n) is 6.50. The van der Waals surface area contributed by atoms with Crippen molar-refractivity contribution >= 4 is 22.5 Å². The fraction of sp³-hybridized carbons (Fsp3) is 0.346. The summed E-state index contributed by atoms with van der Waals surface area (Å²) >= 11 is 0. The molecule has 4 aromatic rings. The number of anilines is 1. The van der Waals surface area contributed by atoms with E-state index in [-0.39, 0.29) is 12.2 Å². The fourth-order valence-corrected chi connectivity index (χ4v) is 4.42. The average molecular weight is 456 g/mol. The highest BCUT2D eigenvalue weighted by Gasteiger charge is 2.20. The number of piperazine rings is 1. The summed E-state index contributed by atoms with van der Waals surface area (Å²) < 4.78 is 1.97. The molecule has 0 bridgehead atoms. The predicted molar refractivity (Wildman–Crippen MR) is 133 cm³/mol. The highest BCUT2D eigenvalue weighted by Crippen LogP contribution is 2.23. The number of pyridine rings is 1. The highest BCUT2D eigenvalue weighted by atomic mass is 16.1. The third kappa shape index (κ3) is 4.54. The van der Waals surface area contributed by atoms with Crippen LogP contribution in [0.15, 0.2) is 55.2 Å². The van der Waals surface area contributed by atoms with Crippen molar-refractivity contribution in [2.45, 2.75) is 26.3 Å². The molecule has 34 heavy (non-hydrogen) atoms. The Balaban J connectivity index is 1.32. The summed E-state index contributed by atoms with van der Waals surface area (Å²) in [4.78, 5) is 35.6. The van der Waals surface area contributed by atoms with Gasteiger partial charge in [-0.2, -0.15) is 0 Å². The van der Waals surface area contributed by atoms with Gasteiger partial charge in [-0.15, -0.1) is 0 Å². The second kappa shape index (κ2) is 9.30. The van der Waals surface area contributed by atoms with Gasteiger partial charge in [-0.05, 0) is 32.0 Å². The molecule has 8 nitrogen and oxygen atoms in total. The Morgan fingerprint density at radius 2 is 1.85 bits per heavy atom. The smallest absolute Gasteiger partial charge is 0.170 e. The van der Waals surface area contributed by atoms with Crippen molar-refractivity contribution in [1.82, 2.24) is 29.4 Å². The van der Waals surface area contributed by atoms with Crippen LogP contribution in [0.4, 0.5) is 5.82 Å². The van der Waals surface area contributed by atoms with Crippen LogP contribution in [-0.2, 0) is 13.5 Å². The van der Waals surface area contributed by atoms with Gasteiger partial charge in [0.25, 0.3) is 0 Å². The quantitative estimate of drug-likeness (QED) is 0.412. The van der Waals surface area contributed by atoms with E-state index in [0.29, 0.717) is 17.4 Å². The molecule has 4 heterocycles. The normalized spacial score (nSPS) is 14.8. The van der Waals surface area contributed by atoms with Crippen LogP contribution in [0, 0.1) is 0 Å². The summed E-state index contributed by atoms with van der Waals surface area (Å²) in [7, 11) is 1.96. The number of nitrogens with zero attached hydrogens (tertiary/aromatic N) is 7. The van der Waals surface area contributed by atoms with Crippen LogP contribution in [0.2, 0.25) is 0 Å². The third-order valence-corrected chi connectivity index (χ3v) is 6.50. The van der Waals surface area contributed by atoms with Crippen LogP contribution in [0.1, 0.15) is 30.0 Å². The van der Waals surface area contributed by atoms with Crippen LogP contribution in [0.25, 0.3) is 22.2 Å². The van der Waals surface area contributed by atoms with Crippen molar-refractivity contribution in [2.24, 2.45) is 7.05 Å². The van der Waals surface area contributed by atoms with E-state index < -0.39 is 0 Å². The molecule has 1 aliphatic rings. The topological polar surface area (TPSA) is 80.0 Å². The number of carbonyl (C=O) groups excluding carboxylic acids is 1. The maximum atomic E-state index is 13.1. The van der Waals surface area contributed by atoms with Crippen LogP contribution in [0.5, 0.6) is 0 Å². The van der Waals surface area contributed by atoms with Crippen molar-refractivity contribution < 1.29 is 4.79 Å². The lowest BCUT2D eigenvalue weighted by Gasteiger charge is -2.37. The average Bonchev–Trinajstić information content (AvgIpc) is 3.29. The SMILES string of the molecule is CC(C)N1CCN(c2cc(C(=O)Cc3ncc4ccc(-c5cncn5C)cc4n3)ccn2)CC1. The van der Waals surface area contributed by atoms with E-state index in [0.717, 1.165) is 54.2 Å². The number of hydrogen-bond acceptors (Lipinski definition) is 7. The molecular weight excluding hydrogens is 426 g/mol. The second-order valence-corrected chi connectivity index (χ2v) is 9.07. The summed E-state index contributed by atoms with van der Waals surface area (Å²) in [5, 5.41) is 0.939. The number of aryl methyl sites for hydroxylation is 1. The van der Waals surface area contributed by atoms with Crippen molar-refractivity contribution in [3.8, 4) is 11.3 Å². The van der Waals surface area contributed by atoms with Gasteiger partial charge in [0.15, 0.2) is 5.78 Å². The lowest BCUT2D eigenvalue weighted by Crippen LogP contribution is -2.49. The Labute approximate surface area is 199 Å². The summed E-state index contributed by atoms with van der Waals surface area (Å²) in [5.74, 6) is 1.37. The number of carbonyl (C=O) groups is 1. The van der Waals surface area contributed by atoms with E-state index in [1.54, 1.807) is 24.8 Å². The number of benzene rings is 1. The molecule has 1 fully saturated rings. The Morgan fingerprint density at radius 1 is 1.03 bits per heavy atom. The van der Waals surface area contributed by atoms with Gasteiger partial charge in [-0.25, -0.2) is 19.9 Å². The summed E-state index contributed by atoms with van der Waals surface area (Å²) in [6, 6.07) is 10.3. The van der Waals surface area contributed by atoms with Gasteiger partial charge in [-0.1, -0.05) is 12.1 Å². The maximum absolute atomic E-state index is 13.1. The standard InChI is InChI=1S/C26H29N7O/c1-18(2)32-8-10-33(11-9-32)26-13-20(6-7-28-26)24(34)14-25-29-15-21-5-4-19(12-22(21)30-25)23-16-27-17-31(23)3/h4-7,12-13,15-18H,8-11,14H2,1-3H3. The van der Waals surface area contributed by atoms with Gasteiger partial charge in [-0.3, -0.25) is 9.69 Å². The number of rotatable bonds is 6. The summed E-state index contributed by atoms with van der Waals surface area (Å²) in [6.45, 7) is 8.28. The second-order valence-electron chi connectivity index (χ2n) is 9.07. The number of imidazole rings is 1. The largest absolute Gasteiger partial charge is 0.354 e. The number of fused-ring (bicyclic) bond motifs is 1. The molecule has 0 atom stereocenters. The van der Waals surface area contributed by atoms with Gasteiger partial charge in [0.05, 0.1) is 30.2 Å². The molecule has 5 rings (SSSR count). The number of ketones is 1. The monoisotopic (exact) mass is 455 g/mol. The van der Waals surface area contributed by atoms with Gasteiger partial charge in [0.2, 0.25) is 0 Å². The zero-order chi connectivity index (χ0) is 23.7. The molecule has 0 radical (unpaired) electrons. The lowest BCUT2D eigenvalue weighted by molar-refractivity contribution is 0.0991. The molecule has 0 amide bonds. The minimum Gasteiger partial charge on any atom is -0.354 e. The van der Waals surface area contributed by atoms with Gasteiger partial charge >= 0.3 is 0 Å². The van der Waals surface area contributed by atoms with Crippen LogP contribution in [-0.4, -0.2) is 67.4 Å². The minimum atomic E-state index is -0.00777. The van der Waals surface area contributed by atoms with E-state index >= 15 is 0 Å². The Bertz CT molecular complexity index is 1320. The highest BCUT2D eigenvalue weighted by molar-refractivity contribution is 5.98. The lowest BCUT2D eigenvalue weighted by atomic mass is 10.1. The van der Waals surface area contributed by atoms with E-state index in [1.807, 2.05) is 42.1 Å². The number of hydrogen-bond donors (Lipinski definition) is 0. The van der Waals surface area contributed by atoms with E-state index in [9.17, 15) is 4.79 Å². The van der Waals surface area contributed by atoms with Crippen LogP contribution in [0.3, 0.4) is 0 Å². The van der Waals surface area contributed by atoms with E-state index in [4.69, 9.17) is 0 Å². The Kier molecular flexibility index (Phi) is 6.06. The minimum absolute atomic E-state index is 0.00777. The van der Waals surface area contributed by atoms with Gasteiger partial charge < -0.3 is 9.47 Å². The van der Waals surface area contributed by atoms with E-state index in [1.165, 1.54) is 0 Å². The first-order valence-electron chi connectivity index (χ1n) is 11.7. The zero-order valence-electron chi connectivity index (χ0n) is 19.8. The molecule has 174 valence electrons. The van der Waals surface area contributed by atoms with Crippen molar-refractivity contribution in [3.63, 3.8) is 0 Å². The molecule has 1 aliphatic heterocycles. The van der Waals surface area contributed by atoms with Crippen molar-refractivity contribution in [1.29, 1.82) is 0 Å². The molecule has 1 saturated heterocycles. The first-order valence-corrected chi connectivity index (χ1v) is 11.7. The molecule has 0 unspecified atom stereocenters. The molecule has 3 aromatic heterocycles.